The molecular weight excluding hydrogens is 1340 g/mol. The van der Waals surface area contributed by atoms with E-state index in [4.69, 9.17) is 33.5 Å². The Kier molecular flexibility index (Phi) is 33.3. The van der Waals surface area contributed by atoms with E-state index in [1.54, 1.807) is 7.11 Å². The van der Waals surface area contributed by atoms with E-state index in [1.165, 1.54) is 85.0 Å². The number of aryl methyl sites for hydroxylation is 2. The summed E-state index contributed by atoms with van der Waals surface area (Å²) in [7, 11) is 3.11. The van der Waals surface area contributed by atoms with Crippen LogP contribution in [0.25, 0.3) is 5.69 Å². The van der Waals surface area contributed by atoms with Crippen molar-refractivity contribution in [3.8, 4) is 28.8 Å². The average Bonchev–Trinajstić information content (AvgIpc) is 1.38. The van der Waals surface area contributed by atoms with Crippen molar-refractivity contribution in [1.29, 1.82) is 0 Å². The first-order chi connectivity index (χ1) is 50.3. The Labute approximate surface area is 643 Å². The molecule has 17 nitrogen and oxygen atoms in total. The van der Waals surface area contributed by atoms with Crippen molar-refractivity contribution in [2.45, 2.75) is 210 Å². The minimum atomic E-state index is -0.345. The number of aliphatic hydroxyl groups is 1. The summed E-state index contributed by atoms with van der Waals surface area (Å²) in [5.41, 5.74) is 12.5. The molecule has 1 N–H and O–H groups in total. The van der Waals surface area contributed by atoms with Gasteiger partial charge in [0, 0.05) is 67.9 Å². The number of imidazole rings is 2. The molecule has 8 aromatic rings. The van der Waals surface area contributed by atoms with Crippen LogP contribution in [0.4, 0.5) is 0 Å². The summed E-state index contributed by atoms with van der Waals surface area (Å²) in [5.74, 6) is 4.58. The lowest BCUT2D eigenvalue weighted by molar-refractivity contribution is -0.901. The number of quaternary nitrogens is 1. The third-order valence-corrected chi connectivity index (χ3v) is 19.5. The van der Waals surface area contributed by atoms with Crippen molar-refractivity contribution < 1.29 is 43.0 Å². The Morgan fingerprint density at radius 1 is 0.495 bits per heavy atom. The third kappa shape index (κ3) is 29.5. The Hall–Kier alpha value is -7.90. The van der Waals surface area contributed by atoms with E-state index < -0.39 is 0 Å². The zero-order valence-electron chi connectivity index (χ0n) is 69.4. The number of hydrogen-bond donors (Lipinski definition) is 1. The highest BCUT2D eigenvalue weighted by molar-refractivity contribution is 5.92. The number of ether oxygens (including phenoxy) is 6. The lowest BCUT2D eigenvalue weighted by atomic mass is 9.86. The van der Waals surface area contributed by atoms with Crippen molar-refractivity contribution in [3.63, 3.8) is 0 Å². The van der Waals surface area contributed by atoms with Gasteiger partial charge in [0.25, 0.3) is 0 Å². The fraction of sp³-hybridized carbons (Fsp3) is 0.533. The number of morpholine rings is 1. The summed E-state index contributed by atoms with van der Waals surface area (Å²) in [6.07, 6.45) is 14.7. The zero-order chi connectivity index (χ0) is 78.8. The van der Waals surface area contributed by atoms with Gasteiger partial charge in [-0.05, 0) is 174 Å². The number of carbonyl (C=O) groups excluding carboxylic acids is 1. The Morgan fingerprint density at radius 2 is 0.935 bits per heavy atom. The smallest absolute Gasteiger partial charge is 0.341 e. The molecule has 0 unspecified atom stereocenters. The molecule has 6 heterocycles. The van der Waals surface area contributed by atoms with Crippen LogP contribution in [-0.2, 0) is 55.1 Å². The van der Waals surface area contributed by atoms with Crippen LogP contribution in [0, 0.1) is 19.1 Å². The highest BCUT2D eigenvalue weighted by Gasteiger charge is 2.25. The second-order valence-corrected chi connectivity index (χ2v) is 34.5. The number of rotatable bonds is 18. The number of methoxy groups -OCH3 is 2. The number of hydrogen-bond acceptors (Lipinski definition) is 14. The molecule has 3 aromatic heterocycles. The van der Waals surface area contributed by atoms with E-state index in [-0.39, 0.29) is 49.7 Å². The maximum atomic E-state index is 12.4. The van der Waals surface area contributed by atoms with Gasteiger partial charge in [-0.2, -0.15) is 0 Å². The molecule has 0 atom stereocenters. The third-order valence-electron chi connectivity index (χ3n) is 19.5. The monoisotopic (exact) mass is 1470 g/mol. The Morgan fingerprint density at radius 3 is 1.36 bits per heavy atom. The molecule has 3 fully saturated rings. The fourth-order valence-corrected chi connectivity index (χ4v) is 12.2. The standard InChI is InChI=1S/C18H27NO3.C17H27NO2.C15H20N2.C15H23NO2.C14H18N2.C11H17NO2/c1-18(2,3)14-7-8-16(15(13-14)17(20)21-4)22-12-11-19-9-5-6-10-19;1-17(2,3)14-7-8-15(16(13-14)19-4)20-12-11-18-9-5-6-10-18;1-12-16-9-10-17(12)11-13-5-7-14(8-6-13)15(2,3)4;1-15(2,3)14-6-4-13(5-7-14)12-16(17)8-10-18-11-9-16;1-11-15-9-10-16(11)13-7-5-12(6-8-13)14(2,3)4;1-11(2,3)9-4-5-10(12-8-9)14-7-6-13/h7-8,13H,5-6,9-12H2,1-4H3;7-8,13H,5-6,9-12H2,1-4H3;5-10H,11H2,1-4H3;4-7H,8-12H2,1-3H3;5-10H,1-4H3;4-5,8,13H,6-7H2,1-3H3. The molecule has 0 saturated carbocycles. The fourth-order valence-electron chi connectivity index (χ4n) is 12.2. The van der Waals surface area contributed by atoms with Crippen LogP contribution in [-0.4, -0.2) is 156 Å². The number of pyridine rings is 1. The number of aromatic nitrogens is 5. The summed E-state index contributed by atoms with van der Waals surface area (Å²) in [6.45, 7) is 55.5. The number of carbonyl (C=O) groups is 1. The number of benzene rings is 5. The predicted molar refractivity (Wildman–Crippen MR) is 437 cm³/mol. The molecule has 0 aliphatic carbocycles. The summed E-state index contributed by atoms with van der Waals surface area (Å²) in [4.78, 5) is 29.5. The van der Waals surface area contributed by atoms with Crippen molar-refractivity contribution in [2.75, 3.05) is 106 Å². The van der Waals surface area contributed by atoms with E-state index in [9.17, 15) is 10.0 Å². The van der Waals surface area contributed by atoms with Gasteiger partial charge in [0.2, 0.25) is 5.88 Å². The molecular formula is C90H132N8O9. The second-order valence-electron chi connectivity index (χ2n) is 34.5. The molecule has 107 heavy (non-hydrogen) atoms. The summed E-state index contributed by atoms with van der Waals surface area (Å²) < 4.78 is 36.6. The summed E-state index contributed by atoms with van der Waals surface area (Å²) in [6, 6.07) is 41.9. The molecule has 586 valence electrons. The molecule has 0 spiro atoms. The maximum absolute atomic E-state index is 12.4. The van der Waals surface area contributed by atoms with E-state index >= 15 is 0 Å². The SMILES string of the molecule is CC(C)(C)c1ccc(C[N+]2([O-])CCOCC2)cc1.CC(C)(C)c1ccc(OCCO)nc1.COC(=O)c1cc(C(C)(C)C)ccc1OCCN1CCCC1.COc1cc(C(C)(C)C)ccc1OCCN1CCCC1.Cc1nccn1-c1ccc(C(C)(C)C)cc1.Cc1nccn1Cc1ccc(C(C)(C)C)cc1. The first kappa shape index (κ1) is 88.0. The molecule has 3 aliphatic heterocycles. The molecule has 3 saturated heterocycles. The van der Waals surface area contributed by atoms with E-state index in [0.717, 1.165) is 73.6 Å². The lowest BCUT2D eigenvalue weighted by Crippen LogP contribution is -2.49. The van der Waals surface area contributed by atoms with Crippen LogP contribution in [0.2, 0.25) is 0 Å². The lowest BCUT2D eigenvalue weighted by Gasteiger charge is -2.45. The molecule has 0 bridgehead atoms. The predicted octanol–water partition coefficient (Wildman–Crippen LogP) is 18.3. The topological polar surface area (TPSA) is 171 Å². The maximum Gasteiger partial charge on any atom is 0.341 e. The number of hydroxylamine groups is 3. The number of aliphatic hydroxyl groups excluding tert-OH is 1. The Balaban J connectivity index is 0.000000202. The number of likely N-dealkylation sites (tertiary alicyclic amines) is 2. The normalized spacial score (nSPS) is 14.8. The van der Waals surface area contributed by atoms with E-state index in [2.05, 4.69) is 243 Å². The van der Waals surface area contributed by atoms with Crippen LogP contribution >= 0.6 is 0 Å². The minimum absolute atomic E-state index is 0.0166. The number of esters is 1. The van der Waals surface area contributed by atoms with Crippen LogP contribution in [0.5, 0.6) is 23.1 Å². The van der Waals surface area contributed by atoms with Gasteiger partial charge in [0.1, 0.15) is 62.4 Å². The largest absolute Gasteiger partial charge is 0.632 e. The van der Waals surface area contributed by atoms with Gasteiger partial charge < -0.3 is 52.5 Å². The quantitative estimate of drug-likeness (QED) is 0.0489. The van der Waals surface area contributed by atoms with Crippen molar-refractivity contribution in [2.24, 2.45) is 0 Å². The van der Waals surface area contributed by atoms with Gasteiger partial charge in [-0.25, -0.2) is 19.7 Å². The van der Waals surface area contributed by atoms with Gasteiger partial charge >= 0.3 is 5.97 Å². The van der Waals surface area contributed by atoms with Crippen LogP contribution in [0.1, 0.15) is 217 Å². The van der Waals surface area contributed by atoms with Crippen molar-refractivity contribution in [1.82, 2.24) is 33.9 Å². The van der Waals surface area contributed by atoms with Crippen LogP contribution in [0.15, 0.2) is 152 Å². The van der Waals surface area contributed by atoms with Crippen molar-refractivity contribution in [3.05, 3.63) is 219 Å². The van der Waals surface area contributed by atoms with Crippen LogP contribution < -0.4 is 18.9 Å². The summed E-state index contributed by atoms with van der Waals surface area (Å²) >= 11 is 0. The first-order valence-electron chi connectivity index (χ1n) is 38.5. The Bertz CT molecular complexity index is 3880. The van der Waals surface area contributed by atoms with Crippen LogP contribution in [0.3, 0.4) is 0 Å². The highest BCUT2D eigenvalue weighted by Crippen LogP contribution is 2.35. The second kappa shape index (κ2) is 40.5. The first-order valence-corrected chi connectivity index (χ1v) is 38.5. The van der Waals surface area contributed by atoms with Gasteiger partial charge in [-0.15, -0.1) is 0 Å². The average molecular weight is 1470 g/mol. The van der Waals surface area contributed by atoms with E-state index in [0.29, 0.717) is 63.3 Å². The molecule has 11 rings (SSSR count). The van der Waals surface area contributed by atoms with Gasteiger partial charge in [0.15, 0.2) is 11.5 Å². The minimum Gasteiger partial charge on any atom is -0.632 e. The molecule has 17 heteroatoms. The highest BCUT2D eigenvalue weighted by atomic mass is 16.6. The van der Waals surface area contributed by atoms with Gasteiger partial charge in [0.05, 0.1) is 34.0 Å². The zero-order valence-corrected chi connectivity index (χ0v) is 69.4. The molecule has 5 aromatic carbocycles. The summed E-state index contributed by atoms with van der Waals surface area (Å²) in [5, 5.41) is 21.0. The van der Waals surface area contributed by atoms with Gasteiger partial charge in [-0.3, -0.25) is 9.80 Å². The van der Waals surface area contributed by atoms with E-state index in [1.807, 2.05) is 81.2 Å². The number of nitrogens with zero attached hydrogens (tertiary/aromatic N) is 8. The molecule has 3 aliphatic rings. The van der Waals surface area contributed by atoms with Gasteiger partial charge in [-0.1, -0.05) is 203 Å². The molecule has 0 amide bonds. The van der Waals surface area contributed by atoms with Crippen molar-refractivity contribution >= 4 is 5.97 Å². The molecule has 0 radical (unpaired) electrons.